The highest BCUT2D eigenvalue weighted by Crippen LogP contribution is 2.54. The number of carboxylic acid groups (broad SMARTS) is 1. The molecule has 3 fully saturated rings. The molecular weight excluding hydrogens is 358 g/mol. The van der Waals surface area contributed by atoms with Crippen LogP contribution in [0.3, 0.4) is 0 Å². The fourth-order valence-corrected chi connectivity index (χ4v) is 4.54. The van der Waals surface area contributed by atoms with Crippen molar-refractivity contribution in [2.45, 2.75) is 45.3 Å². The zero-order valence-corrected chi connectivity index (χ0v) is 15.6. The molecule has 2 saturated heterocycles. The van der Waals surface area contributed by atoms with E-state index in [9.17, 15) is 18.7 Å². The highest BCUT2D eigenvalue weighted by atomic mass is 19.3. The third-order valence-corrected chi connectivity index (χ3v) is 6.29. The number of anilines is 2. The summed E-state index contributed by atoms with van der Waals surface area (Å²) < 4.78 is 28.3. The van der Waals surface area contributed by atoms with Crippen LogP contribution in [0.15, 0.2) is 0 Å². The van der Waals surface area contributed by atoms with Gasteiger partial charge >= 0.3 is 5.97 Å². The summed E-state index contributed by atoms with van der Waals surface area (Å²) in [5.74, 6) is -2.43. The Balaban J connectivity index is 1.62. The van der Waals surface area contributed by atoms with Gasteiger partial charge in [0.25, 0.3) is 5.92 Å². The summed E-state index contributed by atoms with van der Waals surface area (Å²) in [6.45, 7) is 5.83. The Hall–Kier alpha value is -2.03. The number of hydrogen-bond acceptors (Lipinski definition) is 6. The van der Waals surface area contributed by atoms with Crippen LogP contribution < -0.4 is 9.80 Å². The van der Waals surface area contributed by atoms with Gasteiger partial charge in [-0.3, -0.25) is 4.79 Å². The normalized spacial score (nSPS) is 32.3. The molecule has 4 rings (SSSR count). The molecule has 0 aromatic carbocycles. The minimum atomic E-state index is -3.10. The number of β-amino-alcohol motifs (C(OH)–C–C–N with tert-alkyl or cyclic N) is 1. The van der Waals surface area contributed by atoms with Crippen LogP contribution in [0.4, 0.5) is 20.5 Å². The molecule has 0 bridgehead atoms. The summed E-state index contributed by atoms with van der Waals surface area (Å²) in [6, 6.07) is -0.217. The predicted molar refractivity (Wildman–Crippen MR) is 94.1 cm³/mol. The number of fused-ring (bicyclic) bond motifs is 1. The van der Waals surface area contributed by atoms with Crippen molar-refractivity contribution in [3.8, 4) is 0 Å². The van der Waals surface area contributed by atoms with Crippen LogP contribution in [-0.2, 0) is 10.7 Å². The van der Waals surface area contributed by atoms with Crippen molar-refractivity contribution in [1.29, 1.82) is 0 Å². The Morgan fingerprint density at radius 3 is 2.37 bits per heavy atom. The first-order chi connectivity index (χ1) is 12.6. The number of hydrogen-bond donors (Lipinski definition) is 2. The first kappa shape index (κ1) is 18.3. The number of halogens is 2. The van der Waals surface area contributed by atoms with E-state index in [1.54, 1.807) is 11.8 Å². The summed E-state index contributed by atoms with van der Waals surface area (Å²) in [4.78, 5) is 23.3. The van der Waals surface area contributed by atoms with Gasteiger partial charge in [0.1, 0.15) is 11.5 Å². The van der Waals surface area contributed by atoms with E-state index in [-0.39, 0.29) is 41.9 Å². The second kappa shape index (κ2) is 5.98. The summed E-state index contributed by atoms with van der Waals surface area (Å²) in [5, 5.41) is 18.7. The molecular formula is C18H24F2N4O3. The quantitative estimate of drug-likeness (QED) is 0.800. The molecule has 0 amide bonds. The lowest BCUT2D eigenvalue weighted by Crippen LogP contribution is -2.59. The maximum absolute atomic E-state index is 14.2. The van der Waals surface area contributed by atoms with Crippen molar-refractivity contribution < 1.29 is 23.8 Å². The highest BCUT2D eigenvalue weighted by molar-refractivity contribution is 5.68. The molecule has 1 saturated carbocycles. The minimum Gasteiger partial charge on any atom is -0.481 e. The van der Waals surface area contributed by atoms with Gasteiger partial charge in [-0.15, -0.1) is 0 Å². The minimum absolute atomic E-state index is 0.165. The monoisotopic (exact) mass is 382 g/mol. The number of aliphatic hydroxyl groups excluding tert-OH is 1. The van der Waals surface area contributed by atoms with E-state index in [1.807, 2.05) is 11.8 Å². The van der Waals surface area contributed by atoms with Gasteiger partial charge in [-0.25, -0.2) is 4.98 Å². The van der Waals surface area contributed by atoms with Crippen LogP contribution in [0.25, 0.3) is 0 Å². The van der Waals surface area contributed by atoms with Crippen molar-refractivity contribution in [3.63, 3.8) is 0 Å². The zero-order valence-electron chi connectivity index (χ0n) is 15.6. The number of aliphatic carboxylic acids is 1. The van der Waals surface area contributed by atoms with Crippen LogP contribution in [0, 0.1) is 24.7 Å². The lowest BCUT2D eigenvalue weighted by molar-refractivity contribution is -0.137. The van der Waals surface area contributed by atoms with Crippen LogP contribution in [0.5, 0.6) is 0 Å². The fraction of sp³-hybridized carbons (Fsp3) is 0.722. The Labute approximate surface area is 156 Å². The number of alkyl halides is 2. The van der Waals surface area contributed by atoms with Gasteiger partial charge in [-0.05, 0) is 31.6 Å². The van der Waals surface area contributed by atoms with E-state index in [4.69, 9.17) is 5.11 Å². The molecule has 0 spiro atoms. The summed E-state index contributed by atoms with van der Waals surface area (Å²) >= 11 is 0. The van der Waals surface area contributed by atoms with Gasteiger partial charge in [0, 0.05) is 38.5 Å². The summed E-state index contributed by atoms with van der Waals surface area (Å²) in [6.07, 6.45) is -0.348. The second-order valence-electron chi connectivity index (χ2n) is 8.16. The van der Waals surface area contributed by atoms with E-state index in [1.165, 1.54) is 0 Å². The fourth-order valence-electron chi connectivity index (χ4n) is 4.54. The van der Waals surface area contributed by atoms with Crippen LogP contribution in [0.1, 0.15) is 31.5 Å². The molecule has 2 N–H and O–H groups in total. The van der Waals surface area contributed by atoms with Gasteiger partial charge in [-0.2, -0.15) is 13.8 Å². The molecule has 3 heterocycles. The smallest absolute Gasteiger partial charge is 0.303 e. The van der Waals surface area contributed by atoms with Crippen molar-refractivity contribution in [2.75, 3.05) is 29.4 Å². The molecule has 0 radical (unpaired) electrons. The van der Waals surface area contributed by atoms with E-state index in [2.05, 4.69) is 9.97 Å². The van der Waals surface area contributed by atoms with E-state index in [0.717, 1.165) is 6.92 Å². The third-order valence-electron chi connectivity index (χ3n) is 6.29. The Bertz CT molecular complexity index is 773. The average Bonchev–Trinajstić information content (AvgIpc) is 3.02. The first-order valence-corrected chi connectivity index (χ1v) is 9.26. The van der Waals surface area contributed by atoms with E-state index in [0.29, 0.717) is 31.0 Å². The SMILES string of the molecule is Cc1c(N2CC3C(CC(=O)O)[C@H]3C2)nc(N2C[C@@H](O)[C@@H]2C)nc1C(C)(F)F. The number of aromatic nitrogens is 2. The molecule has 2 unspecified atom stereocenters. The molecule has 1 aromatic rings. The molecule has 9 heteroatoms. The lowest BCUT2D eigenvalue weighted by atomic mass is 10.0. The molecule has 3 aliphatic rings. The standard InChI is InChI=1S/C18H24F2N4O3/c1-8-15(18(3,19)20)21-17(24-7-13(25)9(24)2)22-16(8)23-5-11-10(4-14(26)27)12(11)6-23/h9-13,25H,4-7H2,1-3H3,(H,26,27)/t9-,10?,11+,12?,13+/m0/s1. The van der Waals surface area contributed by atoms with Crippen molar-refractivity contribution in [2.24, 2.45) is 17.8 Å². The average molecular weight is 382 g/mol. The number of carboxylic acids is 1. The van der Waals surface area contributed by atoms with Crippen molar-refractivity contribution in [1.82, 2.24) is 9.97 Å². The third kappa shape index (κ3) is 3.01. The topological polar surface area (TPSA) is 89.8 Å². The second-order valence-corrected chi connectivity index (χ2v) is 8.16. The largest absolute Gasteiger partial charge is 0.481 e. The number of piperidine rings is 1. The lowest BCUT2D eigenvalue weighted by Gasteiger charge is -2.43. The number of rotatable bonds is 5. The van der Waals surface area contributed by atoms with Gasteiger partial charge in [0.2, 0.25) is 5.95 Å². The van der Waals surface area contributed by atoms with Crippen molar-refractivity contribution >= 4 is 17.7 Å². The van der Waals surface area contributed by atoms with E-state index < -0.39 is 18.0 Å². The Kier molecular flexibility index (Phi) is 4.06. The Morgan fingerprint density at radius 1 is 1.26 bits per heavy atom. The molecule has 1 aromatic heterocycles. The molecule has 148 valence electrons. The Morgan fingerprint density at radius 2 is 1.89 bits per heavy atom. The van der Waals surface area contributed by atoms with Crippen molar-refractivity contribution in [3.05, 3.63) is 11.3 Å². The van der Waals surface area contributed by atoms with Crippen LogP contribution in [0.2, 0.25) is 0 Å². The molecule has 7 nitrogen and oxygen atoms in total. The summed E-state index contributed by atoms with van der Waals surface area (Å²) in [7, 11) is 0. The molecule has 1 aliphatic carbocycles. The maximum Gasteiger partial charge on any atom is 0.303 e. The van der Waals surface area contributed by atoms with Crippen LogP contribution >= 0.6 is 0 Å². The number of nitrogens with zero attached hydrogens (tertiary/aromatic N) is 4. The van der Waals surface area contributed by atoms with Gasteiger partial charge < -0.3 is 20.0 Å². The zero-order chi connectivity index (χ0) is 19.7. The summed E-state index contributed by atoms with van der Waals surface area (Å²) in [5.41, 5.74) is 0.0646. The maximum atomic E-state index is 14.2. The molecule has 5 atom stereocenters. The van der Waals surface area contributed by atoms with Gasteiger partial charge in [0.15, 0.2) is 0 Å². The van der Waals surface area contributed by atoms with Gasteiger partial charge in [0.05, 0.1) is 12.1 Å². The molecule has 2 aliphatic heterocycles. The van der Waals surface area contributed by atoms with Crippen LogP contribution in [-0.4, -0.2) is 57.9 Å². The van der Waals surface area contributed by atoms with E-state index >= 15 is 0 Å². The number of carbonyl (C=O) groups is 1. The predicted octanol–water partition coefficient (Wildman–Crippen LogP) is 1.62. The van der Waals surface area contributed by atoms with Gasteiger partial charge in [-0.1, -0.05) is 0 Å². The highest BCUT2D eigenvalue weighted by Gasteiger charge is 2.56. The first-order valence-electron chi connectivity index (χ1n) is 9.26. The molecule has 27 heavy (non-hydrogen) atoms. The number of aliphatic hydroxyl groups is 1.